The molecule has 1 aliphatic rings. The third kappa shape index (κ3) is 5.62. The van der Waals surface area contributed by atoms with Crippen molar-refractivity contribution in [3.8, 4) is 17.2 Å². The number of nitrogens with one attached hydrogen (secondary N) is 1. The highest BCUT2D eigenvalue weighted by molar-refractivity contribution is 5.78. The lowest BCUT2D eigenvalue weighted by Crippen LogP contribution is -2.39. The SMILES string of the molecule is COc1ccc(CNC(=O)CN2CC=C(c3cnn(-c4ccc(C)cc4)c3)CC2)c(OC)c1. The average molecular weight is 447 g/mol. The molecule has 1 aliphatic heterocycles. The molecule has 33 heavy (non-hydrogen) atoms. The van der Waals surface area contributed by atoms with Crippen LogP contribution in [-0.4, -0.2) is 54.4 Å². The summed E-state index contributed by atoms with van der Waals surface area (Å²) in [6, 6.07) is 13.9. The zero-order valence-electron chi connectivity index (χ0n) is 19.4. The fraction of sp³-hybridized carbons (Fsp3) is 0.308. The lowest BCUT2D eigenvalue weighted by molar-refractivity contribution is -0.122. The highest BCUT2D eigenvalue weighted by Gasteiger charge is 2.17. The van der Waals surface area contributed by atoms with Gasteiger partial charge < -0.3 is 14.8 Å². The van der Waals surface area contributed by atoms with Crippen molar-refractivity contribution in [2.24, 2.45) is 0 Å². The molecule has 0 unspecified atom stereocenters. The van der Waals surface area contributed by atoms with Gasteiger partial charge in [-0.2, -0.15) is 5.10 Å². The number of carbonyl (C=O) groups is 1. The van der Waals surface area contributed by atoms with Crippen LogP contribution in [0.15, 0.2) is 60.9 Å². The lowest BCUT2D eigenvalue weighted by atomic mass is 10.0. The Morgan fingerprint density at radius 3 is 2.64 bits per heavy atom. The van der Waals surface area contributed by atoms with Crippen LogP contribution in [0.5, 0.6) is 11.5 Å². The second-order valence-electron chi connectivity index (χ2n) is 8.18. The van der Waals surface area contributed by atoms with Crippen molar-refractivity contribution in [3.05, 3.63) is 77.6 Å². The van der Waals surface area contributed by atoms with Crippen LogP contribution in [0.3, 0.4) is 0 Å². The molecule has 1 N–H and O–H groups in total. The van der Waals surface area contributed by atoms with Gasteiger partial charge >= 0.3 is 0 Å². The van der Waals surface area contributed by atoms with Gasteiger partial charge in [0.1, 0.15) is 11.5 Å². The molecule has 172 valence electrons. The quantitative estimate of drug-likeness (QED) is 0.573. The van der Waals surface area contributed by atoms with E-state index in [0.717, 1.165) is 42.1 Å². The molecule has 7 heteroatoms. The van der Waals surface area contributed by atoms with E-state index in [4.69, 9.17) is 9.47 Å². The Bertz CT molecular complexity index is 1130. The van der Waals surface area contributed by atoms with Gasteiger partial charge in [0.15, 0.2) is 0 Å². The van der Waals surface area contributed by atoms with Crippen LogP contribution in [0, 0.1) is 6.92 Å². The first kappa shape index (κ1) is 22.6. The number of amides is 1. The van der Waals surface area contributed by atoms with Gasteiger partial charge in [-0.3, -0.25) is 9.69 Å². The van der Waals surface area contributed by atoms with Crippen molar-refractivity contribution >= 4 is 11.5 Å². The number of hydrogen-bond donors (Lipinski definition) is 1. The van der Waals surface area contributed by atoms with Gasteiger partial charge in [-0.05, 0) is 43.2 Å². The monoisotopic (exact) mass is 446 g/mol. The van der Waals surface area contributed by atoms with Crippen molar-refractivity contribution in [1.82, 2.24) is 20.0 Å². The normalized spacial score (nSPS) is 14.0. The summed E-state index contributed by atoms with van der Waals surface area (Å²) in [5, 5.41) is 7.51. The number of benzene rings is 2. The first-order valence-corrected chi connectivity index (χ1v) is 11.1. The van der Waals surface area contributed by atoms with Crippen molar-refractivity contribution < 1.29 is 14.3 Å². The van der Waals surface area contributed by atoms with Crippen LogP contribution in [-0.2, 0) is 11.3 Å². The van der Waals surface area contributed by atoms with E-state index in [1.54, 1.807) is 14.2 Å². The molecule has 1 aromatic heterocycles. The minimum Gasteiger partial charge on any atom is -0.497 e. The number of rotatable bonds is 8. The van der Waals surface area contributed by atoms with Crippen molar-refractivity contribution in [1.29, 1.82) is 0 Å². The summed E-state index contributed by atoms with van der Waals surface area (Å²) in [5.74, 6) is 1.42. The van der Waals surface area contributed by atoms with Crippen LogP contribution >= 0.6 is 0 Å². The first-order chi connectivity index (χ1) is 16.1. The van der Waals surface area contributed by atoms with E-state index in [1.165, 1.54) is 11.1 Å². The van der Waals surface area contributed by atoms with E-state index >= 15 is 0 Å². The molecule has 0 saturated carbocycles. The Labute approximate surface area is 194 Å². The van der Waals surface area contributed by atoms with Gasteiger partial charge in [-0.15, -0.1) is 0 Å². The maximum atomic E-state index is 12.5. The Kier molecular flexibility index (Phi) is 7.10. The van der Waals surface area contributed by atoms with Crippen LogP contribution < -0.4 is 14.8 Å². The topological polar surface area (TPSA) is 68.6 Å². The standard InChI is InChI=1S/C26H30N4O3/c1-19-4-7-23(8-5-19)30-17-22(16-28-30)20-10-12-29(13-11-20)18-26(31)27-15-21-6-9-24(32-2)14-25(21)33-3/h4-10,14,16-17H,11-13,15,18H2,1-3H3,(H,27,31). The third-order valence-corrected chi connectivity index (χ3v) is 5.88. The molecular formula is C26H30N4O3. The molecule has 2 heterocycles. The number of ether oxygens (including phenoxy) is 2. The summed E-state index contributed by atoms with van der Waals surface area (Å²) in [6.07, 6.45) is 7.07. The van der Waals surface area contributed by atoms with Gasteiger partial charge in [0.05, 0.1) is 32.6 Å². The third-order valence-electron chi connectivity index (χ3n) is 5.88. The van der Waals surface area contributed by atoms with Gasteiger partial charge in [0.25, 0.3) is 0 Å². The second kappa shape index (κ2) is 10.4. The predicted molar refractivity (Wildman–Crippen MR) is 129 cm³/mol. The Morgan fingerprint density at radius 2 is 1.94 bits per heavy atom. The highest BCUT2D eigenvalue weighted by Crippen LogP contribution is 2.25. The smallest absolute Gasteiger partial charge is 0.234 e. The van der Waals surface area contributed by atoms with Crippen LogP contribution in [0.1, 0.15) is 23.1 Å². The van der Waals surface area contributed by atoms with E-state index in [1.807, 2.05) is 29.1 Å². The molecule has 0 bridgehead atoms. The molecule has 7 nitrogen and oxygen atoms in total. The summed E-state index contributed by atoms with van der Waals surface area (Å²) in [6.45, 7) is 4.43. The van der Waals surface area contributed by atoms with Gasteiger partial charge in [-0.1, -0.05) is 23.8 Å². The fourth-order valence-electron chi connectivity index (χ4n) is 3.90. The van der Waals surface area contributed by atoms with Gasteiger partial charge in [-0.25, -0.2) is 4.68 Å². The van der Waals surface area contributed by atoms with E-state index in [0.29, 0.717) is 18.8 Å². The molecule has 3 aromatic rings. The van der Waals surface area contributed by atoms with Crippen LogP contribution in [0.25, 0.3) is 11.3 Å². The van der Waals surface area contributed by atoms with Crippen LogP contribution in [0.2, 0.25) is 0 Å². The number of hydrogen-bond acceptors (Lipinski definition) is 5. The maximum Gasteiger partial charge on any atom is 0.234 e. The van der Waals surface area contributed by atoms with Gasteiger partial charge in [0.2, 0.25) is 5.91 Å². The Hall–Kier alpha value is -3.58. The zero-order chi connectivity index (χ0) is 23.2. The number of aryl methyl sites for hydroxylation is 1. The van der Waals surface area contributed by atoms with Crippen molar-refractivity contribution in [2.75, 3.05) is 33.9 Å². The number of nitrogens with zero attached hydrogens (tertiary/aromatic N) is 3. The minimum absolute atomic E-state index is 0.00286. The van der Waals surface area contributed by atoms with Gasteiger partial charge in [0, 0.05) is 43.0 Å². The number of carbonyl (C=O) groups excluding carboxylic acids is 1. The highest BCUT2D eigenvalue weighted by atomic mass is 16.5. The zero-order valence-corrected chi connectivity index (χ0v) is 19.4. The minimum atomic E-state index is -0.00286. The largest absolute Gasteiger partial charge is 0.497 e. The maximum absolute atomic E-state index is 12.5. The fourth-order valence-corrected chi connectivity index (χ4v) is 3.90. The van der Waals surface area contributed by atoms with E-state index in [9.17, 15) is 4.79 Å². The lowest BCUT2D eigenvalue weighted by Gasteiger charge is -2.25. The average Bonchev–Trinajstić information content (AvgIpc) is 3.34. The molecule has 0 saturated heterocycles. The number of methoxy groups -OCH3 is 2. The molecule has 0 fully saturated rings. The van der Waals surface area contributed by atoms with E-state index < -0.39 is 0 Å². The Balaban J connectivity index is 1.29. The van der Waals surface area contributed by atoms with Crippen molar-refractivity contribution in [2.45, 2.75) is 19.9 Å². The molecule has 0 atom stereocenters. The Morgan fingerprint density at radius 1 is 1.12 bits per heavy atom. The van der Waals surface area contributed by atoms with Crippen LogP contribution in [0.4, 0.5) is 0 Å². The molecular weight excluding hydrogens is 416 g/mol. The number of aromatic nitrogens is 2. The molecule has 1 amide bonds. The summed E-state index contributed by atoms with van der Waals surface area (Å²) >= 11 is 0. The second-order valence-corrected chi connectivity index (χ2v) is 8.18. The van der Waals surface area contributed by atoms with E-state index in [2.05, 4.69) is 58.8 Å². The molecule has 0 aliphatic carbocycles. The summed E-state index contributed by atoms with van der Waals surface area (Å²) in [4.78, 5) is 14.6. The summed E-state index contributed by atoms with van der Waals surface area (Å²) in [7, 11) is 3.23. The molecule has 0 radical (unpaired) electrons. The summed E-state index contributed by atoms with van der Waals surface area (Å²) in [5.41, 5.74) is 5.60. The predicted octanol–water partition coefficient (Wildman–Crippen LogP) is 3.60. The van der Waals surface area contributed by atoms with E-state index in [-0.39, 0.29) is 5.91 Å². The summed E-state index contributed by atoms with van der Waals surface area (Å²) < 4.78 is 12.5. The molecule has 0 spiro atoms. The van der Waals surface area contributed by atoms with Crippen molar-refractivity contribution in [3.63, 3.8) is 0 Å². The molecule has 4 rings (SSSR count). The molecule has 2 aromatic carbocycles. The first-order valence-electron chi connectivity index (χ1n) is 11.1.